The number of carboxylic acid groups (broad SMARTS) is 1. The largest absolute Gasteiger partial charge is 0.480 e. The van der Waals surface area contributed by atoms with E-state index in [-0.39, 0.29) is 6.04 Å². The van der Waals surface area contributed by atoms with E-state index in [1.807, 2.05) is 44.2 Å². The number of rotatable bonds is 5. The lowest BCUT2D eigenvalue weighted by Crippen LogP contribution is -2.42. The van der Waals surface area contributed by atoms with Crippen LogP contribution in [-0.2, 0) is 11.2 Å². The van der Waals surface area contributed by atoms with Gasteiger partial charge in [-0.1, -0.05) is 38.1 Å². The molecule has 1 unspecified atom stereocenters. The highest BCUT2D eigenvalue weighted by molar-refractivity contribution is 5.82. The zero-order valence-electron chi connectivity index (χ0n) is 11.1. The van der Waals surface area contributed by atoms with Gasteiger partial charge in [0.05, 0.1) is 5.52 Å². The van der Waals surface area contributed by atoms with E-state index in [4.69, 9.17) is 0 Å². The number of aliphatic carboxylic acids is 1. The highest BCUT2D eigenvalue weighted by atomic mass is 16.4. The molecule has 1 heterocycles. The third-order valence-electron chi connectivity index (χ3n) is 2.97. The van der Waals surface area contributed by atoms with Gasteiger partial charge in [0.15, 0.2) is 0 Å². The molecule has 0 amide bonds. The van der Waals surface area contributed by atoms with Crippen molar-refractivity contribution in [2.75, 3.05) is 0 Å². The second-order valence-corrected chi connectivity index (χ2v) is 4.91. The molecule has 0 bridgehead atoms. The number of hydrogen-bond acceptors (Lipinski definition) is 3. The van der Waals surface area contributed by atoms with Crippen molar-refractivity contribution in [3.8, 4) is 0 Å². The summed E-state index contributed by atoms with van der Waals surface area (Å²) >= 11 is 0. The standard InChI is InChI=1S/C15H18N2O2/c1-10(2)17-13(15(18)19)9-12-6-3-5-11-7-4-8-16-14(11)12/h3-8,10,13,17H,9H2,1-2H3,(H,18,19). The van der Waals surface area contributed by atoms with Crippen molar-refractivity contribution in [2.45, 2.75) is 32.4 Å². The quantitative estimate of drug-likeness (QED) is 0.863. The number of fused-ring (bicyclic) bond motifs is 1. The lowest BCUT2D eigenvalue weighted by molar-refractivity contribution is -0.139. The number of pyridine rings is 1. The van der Waals surface area contributed by atoms with Gasteiger partial charge in [0.2, 0.25) is 0 Å². The van der Waals surface area contributed by atoms with Gasteiger partial charge in [0.1, 0.15) is 6.04 Å². The molecule has 2 aromatic rings. The number of carbonyl (C=O) groups is 1. The molecule has 1 aromatic heterocycles. The monoisotopic (exact) mass is 258 g/mol. The lowest BCUT2D eigenvalue weighted by atomic mass is 10.0. The molecule has 4 nitrogen and oxygen atoms in total. The Morgan fingerprint density at radius 2 is 2.05 bits per heavy atom. The van der Waals surface area contributed by atoms with Crippen molar-refractivity contribution in [3.63, 3.8) is 0 Å². The molecule has 0 aliphatic heterocycles. The molecule has 1 atom stereocenters. The fourth-order valence-corrected chi connectivity index (χ4v) is 2.17. The van der Waals surface area contributed by atoms with E-state index in [0.717, 1.165) is 16.5 Å². The van der Waals surface area contributed by atoms with Crippen LogP contribution in [0.5, 0.6) is 0 Å². The molecule has 0 saturated heterocycles. The Hall–Kier alpha value is -1.94. The molecule has 2 N–H and O–H groups in total. The van der Waals surface area contributed by atoms with Gasteiger partial charge in [-0.25, -0.2) is 0 Å². The van der Waals surface area contributed by atoms with Crippen LogP contribution in [0.2, 0.25) is 0 Å². The van der Waals surface area contributed by atoms with Crippen LogP contribution in [0.15, 0.2) is 36.5 Å². The van der Waals surface area contributed by atoms with Gasteiger partial charge in [0.25, 0.3) is 0 Å². The maximum atomic E-state index is 11.3. The fourth-order valence-electron chi connectivity index (χ4n) is 2.17. The molecule has 100 valence electrons. The summed E-state index contributed by atoms with van der Waals surface area (Å²) in [7, 11) is 0. The average molecular weight is 258 g/mol. The van der Waals surface area contributed by atoms with E-state index >= 15 is 0 Å². The van der Waals surface area contributed by atoms with Crippen molar-refractivity contribution >= 4 is 16.9 Å². The van der Waals surface area contributed by atoms with Gasteiger partial charge in [-0.2, -0.15) is 0 Å². The molecule has 0 spiro atoms. The highest BCUT2D eigenvalue weighted by Gasteiger charge is 2.19. The van der Waals surface area contributed by atoms with Crippen molar-refractivity contribution in [3.05, 3.63) is 42.1 Å². The third kappa shape index (κ3) is 3.29. The predicted octanol–water partition coefficient (Wildman–Crippen LogP) is 2.23. The molecule has 0 aliphatic rings. The fraction of sp³-hybridized carbons (Fsp3) is 0.333. The smallest absolute Gasteiger partial charge is 0.321 e. The Balaban J connectivity index is 2.31. The van der Waals surface area contributed by atoms with Crippen LogP contribution < -0.4 is 5.32 Å². The van der Waals surface area contributed by atoms with E-state index < -0.39 is 12.0 Å². The minimum Gasteiger partial charge on any atom is -0.480 e. The van der Waals surface area contributed by atoms with Gasteiger partial charge in [0, 0.05) is 24.0 Å². The zero-order valence-corrected chi connectivity index (χ0v) is 11.1. The van der Waals surface area contributed by atoms with Gasteiger partial charge in [-0.3, -0.25) is 9.78 Å². The molecular weight excluding hydrogens is 240 g/mol. The van der Waals surface area contributed by atoms with Crippen molar-refractivity contribution in [1.82, 2.24) is 10.3 Å². The second-order valence-electron chi connectivity index (χ2n) is 4.91. The van der Waals surface area contributed by atoms with E-state index in [1.54, 1.807) is 6.20 Å². The first kappa shape index (κ1) is 13.5. The molecule has 2 rings (SSSR count). The molecular formula is C15H18N2O2. The van der Waals surface area contributed by atoms with Gasteiger partial charge >= 0.3 is 5.97 Å². The van der Waals surface area contributed by atoms with Crippen molar-refractivity contribution < 1.29 is 9.90 Å². The zero-order chi connectivity index (χ0) is 13.8. The number of para-hydroxylation sites is 1. The van der Waals surface area contributed by atoms with E-state index in [9.17, 15) is 9.90 Å². The van der Waals surface area contributed by atoms with Crippen LogP contribution in [0.4, 0.5) is 0 Å². The first-order chi connectivity index (χ1) is 9.08. The van der Waals surface area contributed by atoms with Gasteiger partial charge in [-0.05, 0) is 11.6 Å². The topological polar surface area (TPSA) is 62.2 Å². The number of benzene rings is 1. The number of carboxylic acids is 1. The lowest BCUT2D eigenvalue weighted by Gasteiger charge is -2.17. The molecule has 19 heavy (non-hydrogen) atoms. The van der Waals surface area contributed by atoms with Crippen molar-refractivity contribution in [1.29, 1.82) is 0 Å². The second kappa shape index (κ2) is 5.80. The van der Waals surface area contributed by atoms with Gasteiger partial charge < -0.3 is 10.4 Å². The van der Waals surface area contributed by atoms with E-state index in [2.05, 4.69) is 10.3 Å². The van der Waals surface area contributed by atoms with Crippen LogP contribution in [0.3, 0.4) is 0 Å². The Bertz CT molecular complexity index is 576. The van der Waals surface area contributed by atoms with Crippen LogP contribution in [0.1, 0.15) is 19.4 Å². The van der Waals surface area contributed by atoms with E-state index in [0.29, 0.717) is 6.42 Å². The Morgan fingerprint density at radius 3 is 2.74 bits per heavy atom. The minimum absolute atomic E-state index is 0.129. The molecule has 0 saturated carbocycles. The Labute approximate surface area is 112 Å². The maximum absolute atomic E-state index is 11.3. The first-order valence-electron chi connectivity index (χ1n) is 6.39. The van der Waals surface area contributed by atoms with Crippen LogP contribution in [0.25, 0.3) is 10.9 Å². The summed E-state index contributed by atoms with van der Waals surface area (Å²) in [4.78, 5) is 15.6. The molecule has 0 radical (unpaired) electrons. The third-order valence-corrected chi connectivity index (χ3v) is 2.97. The number of aromatic nitrogens is 1. The summed E-state index contributed by atoms with van der Waals surface area (Å²) in [5, 5.41) is 13.4. The average Bonchev–Trinajstić information content (AvgIpc) is 2.37. The summed E-state index contributed by atoms with van der Waals surface area (Å²) in [6.07, 6.45) is 2.17. The normalized spacial score (nSPS) is 12.8. The van der Waals surface area contributed by atoms with Gasteiger partial charge in [-0.15, -0.1) is 0 Å². The summed E-state index contributed by atoms with van der Waals surface area (Å²) in [6.45, 7) is 3.88. The van der Waals surface area contributed by atoms with Crippen LogP contribution in [0, 0.1) is 0 Å². The molecule has 0 aliphatic carbocycles. The maximum Gasteiger partial charge on any atom is 0.321 e. The number of hydrogen-bond donors (Lipinski definition) is 2. The molecule has 0 fully saturated rings. The predicted molar refractivity (Wildman–Crippen MR) is 75.1 cm³/mol. The number of nitrogens with one attached hydrogen (secondary N) is 1. The van der Waals surface area contributed by atoms with Crippen LogP contribution >= 0.6 is 0 Å². The highest BCUT2D eigenvalue weighted by Crippen LogP contribution is 2.17. The number of nitrogens with zero attached hydrogens (tertiary/aromatic N) is 1. The van der Waals surface area contributed by atoms with Crippen molar-refractivity contribution in [2.24, 2.45) is 0 Å². The minimum atomic E-state index is -0.832. The summed E-state index contributed by atoms with van der Waals surface area (Å²) in [6, 6.07) is 9.26. The molecule has 1 aromatic carbocycles. The molecule has 4 heteroatoms. The van der Waals surface area contributed by atoms with E-state index in [1.165, 1.54) is 0 Å². The first-order valence-corrected chi connectivity index (χ1v) is 6.39. The Morgan fingerprint density at radius 1 is 1.32 bits per heavy atom. The summed E-state index contributed by atoms with van der Waals surface area (Å²) < 4.78 is 0. The van der Waals surface area contributed by atoms with Crippen LogP contribution in [-0.4, -0.2) is 28.1 Å². The Kier molecular flexibility index (Phi) is 4.12. The summed E-state index contributed by atoms with van der Waals surface area (Å²) in [5.74, 6) is -0.832. The summed E-state index contributed by atoms with van der Waals surface area (Å²) in [5.41, 5.74) is 1.83. The SMILES string of the molecule is CC(C)NC(Cc1cccc2cccnc12)C(=O)O.